The zero-order valence-electron chi connectivity index (χ0n) is 15.7. The molecule has 0 unspecified atom stereocenters. The van der Waals surface area contributed by atoms with E-state index in [-0.39, 0.29) is 5.91 Å². The van der Waals surface area contributed by atoms with E-state index in [0.717, 1.165) is 24.5 Å². The van der Waals surface area contributed by atoms with Crippen molar-refractivity contribution in [2.24, 2.45) is 0 Å². The van der Waals surface area contributed by atoms with Gasteiger partial charge in [0.1, 0.15) is 5.56 Å². The maximum atomic E-state index is 13.1. The summed E-state index contributed by atoms with van der Waals surface area (Å²) in [5.74, 6) is -0.00657. The van der Waals surface area contributed by atoms with E-state index in [1.54, 1.807) is 4.52 Å². The molecule has 1 saturated heterocycles. The predicted molar refractivity (Wildman–Crippen MR) is 95.8 cm³/mol. The molecule has 0 saturated carbocycles. The molecule has 7 nitrogen and oxygen atoms in total. The van der Waals surface area contributed by atoms with Crippen LogP contribution in [0.3, 0.4) is 0 Å². The van der Waals surface area contributed by atoms with Crippen LogP contribution in [0.4, 0.5) is 0 Å². The summed E-state index contributed by atoms with van der Waals surface area (Å²) in [7, 11) is 0. The molecule has 0 aliphatic carbocycles. The average Bonchev–Trinajstić information content (AvgIpc) is 2.82. The number of β-amino-alcohol motifs (C(OH)–C–C–N with tert-alkyl or cyclic N) is 1. The fourth-order valence-electron chi connectivity index (χ4n) is 3.49. The molecule has 136 valence electrons. The van der Waals surface area contributed by atoms with Crippen LogP contribution < -0.4 is 0 Å². The van der Waals surface area contributed by atoms with Crippen LogP contribution in [-0.4, -0.2) is 73.7 Å². The number of aromatic nitrogens is 3. The summed E-state index contributed by atoms with van der Waals surface area (Å²) in [6.45, 7) is 12.8. The molecule has 3 heterocycles. The molecule has 7 heteroatoms. The van der Waals surface area contributed by atoms with Gasteiger partial charge in [-0.3, -0.25) is 9.69 Å². The summed E-state index contributed by atoms with van der Waals surface area (Å²) < 4.78 is 1.75. The molecule has 0 bridgehead atoms. The SMILES string of the molecule is Cc1cc(C)n2nc(C)c(C(=O)N3CCN(CC(C)(C)O)CC3)c2n1. The van der Waals surface area contributed by atoms with Crippen molar-refractivity contribution in [2.45, 2.75) is 40.2 Å². The second kappa shape index (κ2) is 6.38. The van der Waals surface area contributed by atoms with Crippen molar-refractivity contribution < 1.29 is 9.90 Å². The van der Waals surface area contributed by atoms with E-state index in [4.69, 9.17) is 0 Å². The molecule has 1 aliphatic heterocycles. The Kier molecular flexibility index (Phi) is 4.55. The van der Waals surface area contributed by atoms with Crippen LogP contribution in [0.15, 0.2) is 6.07 Å². The van der Waals surface area contributed by atoms with Gasteiger partial charge in [-0.25, -0.2) is 9.50 Å². The molecule has 0 aromatic carbocycles. The predicted octanol–water partition coefficient (Wildman–Crippen LogP) is 1.18. The molecule has 1 fully saturated rings. The van der Waals surface area contributed by atoms with Crippen LogP contribution in [0, 0.1) is 20.8 Å². The van der Waals surface area contributed by atoms with Gasteiger partial charge in [-0.05, 0) is 40.7 Å². The van der Waals surface area contributed by atoms with Crippen LogP contribution >= 0.6 is 0 Å². The molecule has 0 spiro atoms. The van der Waals surface area contributed by atoms with E-state index < -0.39 is 5.60 Å². The topological polar surface area (TPSA) is 74.0 Å². The zero-order chi connectivity index (χ0) is 18.4. The molecular weight excluding hydrogens is 318 g/mol. The first-order chi connectivity index (χ1) is 11.7. The molecule has 1 aliphatic rings. The third kappa shape index (κ3) is 3.67. The number of aliphatic hydroxyl groups is 1. The normalized spacial score (nSPS) is 16.6. The smallest absolute Gasteiger partial charge is 0.259 e. The lowest BCUT2D eigenvalue weighted by atomic mass is 10.1. The number of fused-ring (bicyclic) bond motifs is 1. The van der Waals surface area contributed by atoms with Gasteiger partial charge in [-0.15, -0.1) is 0 Å². The maximum Gasteiger partial charge on any atom is 0.259 e. The van der Waals surface area contributed by atoms with Crippen LogP contribution in [-0.2, 0) is 0 Å². The highest BCUT2D eigenvalue weighted by Crippen LogP contribution is 2.19. The summed E-state index contributed by atoms with van der Waals surface area (Å²) in [6.07, 6.45) is 0. The highest BCUT2D eigenvalue weighted by molar-refractivity contribution is 6.01. The van der Waals surface area contributed by atoms with Crippen molar-refractivity contribution >= 4 is 11.6 Å². The second-order valence-corrected chi connectivity index (χ2v) is 7.62. The lowest BCUT2D eigenvalue weighted by Gasteiger charge is -2.37. The van der Waals surface area contributed by atoms with Crippen LogP contribution in [0.1, 0.15) is 41.3 Å². The van der Waals surface area contributed by atoms with E-state index in [2.05, 4.69) is 15.0 Å². The molecule has 3 rings (SSSR count). The highest BCUT2D eigenvalue weighted by atomic mass is 16.3. The van der Waals surface area contributed by atoms with Gasteiger partial charge in [0.05, 0.1) is 11.3 Å². The number of carbonyl (C=O) groups excluding carboxylic acids is 1. The van der Waals surface area contributed by atoms with Gasteiger partial charge in [0.15, 0.2) is 5.65 Å². The average molecular weight is 345 g/mol. The van der Waals surface area contributed by atoms with Gasteiger partial charge < -0.3 is 10.0 Å². The van der Waals surface area contributed by atoms with Crippen molar-refractivity contribution in [1.29, 1.82) is 0 Å². The third-order valence-corrected chi connectivity index (χ3v) is 4.55. The van der Waals surface area contributed by atoms with E-state index in [9.17, 15) is 9.90 Å². The second-order valence-electron chi connectivity index (χ2n) is 7.62. The van der Waals surface area contributed by atoms with Gasteiger partial charge in [-0.1, -0.05) is 0 Å². The lowest BCUT2D eigenvalue weighted by Crippen LogP contribution is -2.52. The van der Waals surface area contributed by atoms with Gasteiger partial charge in [0.2, 0.25) is 0 Å². The van der Waals surface area contributed by atoms with Crippen molar-refractivity contribution in [2.75, 3.05) is 32.7 Å². The van der Waals surface area contributed by atoms with Crippen molar-refractivity contribution in [3.8, 4) is 0 Å². The van der Waals surface area contributed by atoms with Gasteiger partial charge in [0, 0.05) is 44.1 Å². The molecular formula is C18H27N5O2. The van der Waals surface area contributed by atoms with E-state index in [1.165, 1.54) is 0 Å². The largest absolute Gasteiger partial charge is 0.389 e. The fraction of sp³-hybridized carbons (Fsp3) is 0.611. The number of aryl methyl sites for hydroxylation is 3. The molecule has 2 aromatic rings. The number of rotatable bonds is 3. The lowest BCUT2D eigenvalue weighted by molar-refractivity contribution is 0.0179. The molecule has 1 amide bonds. The molecule has 25 heavy (non-hydrogen) atoms. The first kappa shape index (κ1) is 17.8. The van der Waals surface area contributed by atoms with Crippen LogP contribution in [0.25, 0.3) is 5.65 Å². The minimum atomic E-state index is -0.718. The number of piperazine rings is 1. The van der Waals surface area contributed by atoms with Gasteiger partial charge in [0.25, 0.3) is 5.91 Å². The number of hydrogen-bond acceptors (Lipinski definition) is 5. The summed E-state index contributed by atoms with van der Waals surface area (Å²) in [5.41, 5.74) is 3.09. The number of amides is 1. The Bertz CT molecular complexity index is 798. The maximum absolute atomic E-state index is 13.1. The van der Waals surface area contributed by atoms with Crippen molar-refractivity contribution in [3.63, 3.8) is 0 Å². The quantitative estimate of drug-likeness (QED) is 0.904. The number of hydrogen-bond donors (Lipinski definition) is 1. The fourth-order valence-corrected chi connectivity index (χ4v) is 3.49. The standard InChI is InChI=1S/C18H27N5O2/c1-12-10-13(2)23-16(19-12)15(14(3)20-23)17(24)22-8-6-21(7-9-22)11-18(4,5)25/h10,25H,6-9,11H2,1-5H3. The Morgan fingerprint density at radius 1 is 1.20 bits per heavy atom. The Morgan fingerprint density at radius 3 is 2.44 bits per heavy atom. The number of nitrogens with zero attached hydrogens (tertiary/aromatic N) is 5. The zero-order valence-corrected chi connectivity index (χ0v) is 15.7. The van der Waals surface area contributed by atoms with Gasteiger partial charge >= 0.3 is 0 Å². The van der Waals surface area contributed by atoms with Gasteiger partial charge in [-0.2, -0.15) is 5.10 Å². The first-order valence-corrected chi connectivity index (χ1v) is 8.73. The van der Waals surface area contributed by atoms with Crippen molar-refractivity contribution in [1.82, 2.24) is 24.4 Å². The Labute approximate surface area is 148 Å². The minimum absolute atomic E-state index is 0.00657. The Hall–Kier alpha value is -1.99. The first-order valence-electron chi connectivity index (χ1n) is 8.73. The third-order valence-electron chi connectivity index (χ3n) is 4.55. The monoisotopic (exact) mass is 345 g/mol. The Morgan fingerprint density at radius 2 is 1.84 bits per heavy atom. The van der Waals surface area contributed by atoms with E-state index in [0.29, 0.717) is 36.5 Å². The summed E-state index contributed by atoms with van der Waals surface area (Å²) >= 11 is 0. The summed E-state index contributed by atoms with van der Waals surface area (Å²) in [4.78, 5) is 21.7. The molecule has 0 radical (unpaired) electrons. The Balaban J connectivity index is 1.81. The van der Waals surface area contributed by atoms with Crippen LogP contribution in [0.5, 0.6) is 0 Å². The minimum Gasteiger partial charge on any atom is -0.389 e. The van der Waals surface area contributed by atoms with E-state index >= 15 is 0 Å². The summed E-state index contributed by atoms with van der Waals surface area (Å²) in [6, 6.07) is 1.96. The summed E-state index contributed by atoms with van der Waals surface area (Å²) in [5, 5.41) is 14.5. The number of carbonyl (C=O) groups is 1. The highest BCUT2D eigenvalue weighted by Gasteiger charge is 2.29. The molecule has 0 atom stereocenters. The molecule has 2 aromatic heterocycles. The van der Waals surface area contributed by atoms with E-state index in [1.807, 2.05) is 45.6 Å². The molecule has 1 N–H and O–H groups in total. The van der Waals surface area contributed by atoms with Crippen LogP contribution in [0.2, 0.25) is 0 Å². The van der Waals surface area contributed by atoms with Crippen molar-refractivity contribution in [3.05, 3.63) is 28.7 Å².